The lowest BCUT2D eigenvalue weighted by molar-refractivity contribution is -0.113. The van der Waals surface area contributed by atoms with E-state index in [4.69, 9.17) is 15.2 Å². The predicted molar refractivity (Wildman–Crippen MR) is 62.4 cm³/mol. The van der Waals surface area contributed by atoms with Gasteiger partial charge in [-0.25, -0.2) is 0 Å². The highest BCUT2D eigenvalue weighted by Gasteiger charge is 2.03. The van der Waals surface area contributed by atoms with Crippen LogP contribution in [0.5, 0.6) is 11.5 Å². The van der Waals surface area contributed by atoms with Crippen LogP contribution >= 0.6 is 0 Å². The molecule has 0 radical (unpaired) electrons. The van der Waals surface area contributed by atoms with Gasteiger partial charge < -0.3 is 15.2 Å². The minimum atomic E-state index is -0.479. The fourth-order valence-corrected chi connectivity index (χ4v) is 1.24. The Hall–Kier alpha value is -1.97. The smallest absolute Gasteiger partial charge is 0.241 e. The van der Waals surface area contributed by atoms with Gasteiger partial charge in [0.05, 0.1) is 13.7 Å². The maximum atomic E-state index is 10.6. The van der Waals surface area contributed by atoms with Gasteiger partial charge in [0, 0.05) is 6.08 Å². The van der Waals surface area contributed by atoms with E-state index in [2.05, 4.69) is 0 Å². The SMILES string of the molecule is CCOc1ccc(C=CC(N)=O)cc1OC. The number of primary amides is 1. The lowest BCUT2D eigenvalue weighted by Gasteiger charge is -2.09. The average Bonchev–Trinajstić information content (AvgIpc) is 2.28. The maximum absolute atomic E-state index is 10.6. The molecule has 0 atom stereocenters. The van der Waals surface area contributed by atoms with E-state index in [0.29, 0.717) is 18.1 Å². The molecule has 0 aliphatic carbocycles. The highest BCUT2D eigenvalue weighted by molar-refractivity contribution is 5.90. The van der Waals surface area contributed by atoms with Gasteiger partial charge in [0.2, 0.25) is 5.91 Å². The van der Waals surface area contributed by atoms with Crippen LogP contribution < -0.4 is 15.2 Å². The second kappa shape index (κ2) is 5.80. The minimum absolute atomic E-state index is 0.479. The van der Waals surface area contributed by atoms with Crippen LogP contribution in [-0.2, 0) is 4.79 Å². The van der Waals surface area contributed by atoms with Crippen molar-refractivity contribution in [3.05, 3.63) is 29.8 Å². The number of amides is 1. The molecule has 0 saturated heterocycles. The molecule has 0 aliphatic rings. The Kier molecular flexibility index (Phi) is 4.39. The van der Waals surface area contributed by atoms with Crippen LogP contribution in [0.15, 0.2) is 24.3 Å². The van der Waals surface area contributed by atoms with Crippen molar-refractivity contribution >= 4 is 12.0 Å². The standard InChI is InChI=1S/C12H15NO3/c1-3-16-10-6-4-9(5-7-12(13)14)8-11(10)15-2/h4-8H,3H2,1-2H3,(H2,13,14). The molecular weight excluding hydrogens is 206 g/mol. The van der Waals surface area contributed by atoms with E-state index in [-0.39, 0.29) is 0 Å². The molecule has 0 saturated carbocycles. The molecule has 1 aromatic carbocycles. The molecule has 0 spiro atoms. The number of methoxy groups -OCH3 is 1. The summed E-state index contributed by atoms with van der Waals surface area (Å²) in [6, 6.07) is 5.40. The topological polar surface area (TPSA) is 61.5 Å². The van der Waals surface area contributed by atoms with Crippen molar-refractivity contribution < 1.29 is 14.3 Å². The predicted octanol–water partition coefficient (Wildman–Crippen LogP) is 1.59. The number of benzene rings is 1. The summed E-state index contributed by atoms with van der Waals surface area (Å²) in [6.07, 6.45) is 2.93. The quantitative estimate of drug-likeness (QED) is 0.768. The van der Waals surface area contributed by atoms with Gasteiger partial charge in [-0.3, -0.25) is 4.79 Å². The average molecular weight is 221 g/mol. The number of carbonyl (C=O) groups excluding carboxylic acids is 1. The number of hydrogen-bond acceptors (Lipinski definition) is 3. The molecule has 1 amide bonds. The second-order valence-electron chi connectivity index (χ2n) is 3.08. The summed E-state index contributed by atoms with van der Waals surface area (Å²) < 4.78 is 10.5. The first kappa shape index (κ1) is 12.1. The first-order valence-electron chi connectivity index (χ1n) is 4.95. The number of ether oxygens (including phenoxy) is 2. The van der Waals surface area contributed by atoms with Crippen molar-refractivity contribution in [3.8, 4) is 11.5 Å². The zero-order chi connectivity index (χ0) is 12.0. The molecule has 0 heterocycles. The molecule has 4 heteroatoms. The molecule has 16 heavy (non-hydrogen) atoms. The monoisotopic (exact) mass is 221 g/mol. The van der Waals surface area contributed by atoms with Gasteiger partial charge in [-0.05, 0) is 30.7 Å². The van der Waals surface area contributed by atoms with Crippen LogP contribution in [0.1, 0.15) is 12.5 Å². The van der Waals surface area contributed by atoms with E-state index in [1.165, 1.54) is 6.08 Å². The highest BCUT2D eigenvalue weighted by atomic mass is 16.5. The Labute approximate surface area is 94.7 Å². The molecule has 86 valence electrons. The third-order valence-corrected chi connectivity index (χ3v) is 1.93. The normalized spacial score (nSPS) is 10.4. The number of nitrogens with two attached hydrogens (primary N) is 1. The molecule has 0 fully saturated rings. The van der Waals surface area contributed by atoms with Crippen LogP contribution in [-0.4, -0.2) is 19.6 Å². The van der Waals surface area contributed by atoms with Gasteiger partial charge in [-0.2, -0.15) is 0 Å². The number of rotatable bonds is 5. The largest absolute Gasteiger partial charge is 0.493 e. The van der Waals surface area contributed by atoms with E-state index < -0.39 is 5.91 Å². The molecule has 4 nitrogen and oxygen atoms in total. The maximum Gasteiger partial charge on any atom is 0.241 e. The van der Waals surface area contributed by atoms with E-state index in [1.54, 1.807) is 25.3 Å². The number of carbonyl (C=O) groups is 1. The molecule has 0 aliphatic heterocycles. The molecule has 1 aromatic rings. The van der Waals surface area contributed by atoms with Gasteiger partial charge in [0.1, 0.15) is 0 Å². The van der Waals surface area contributed by atoms with Gasteiger partial charge in [-0.1, -0.05) is 6.07 Å². The van der Waals surface area contributed by atoms with Crippen LogP contribution in [0.3, 0.4) is 0 Å². The first-order valence-corrected chi connectivity index (χ1v) is 4.95. The number of hydrogen-bond donors (Lipinski definition) is 1. The van der Waals surface area contributed by atoms with Crippen molar-refractivity contribution in [2.24, 2.45) is 5.73 Å². The molecule has 0 aromatic heterocycles. The molecule has 1 rings (SSSR count). The lowest BCUT2D eigenvalue weighted by Crippen LogP contribution is -2.05. The van der Waals surface area contributed by atoms with E-state index in [9.17, 15) is 4.79 Å². The first-order chi connectivity index (χ1) is 7.67. The van der Waals surface area contributed by atoms with Crippen molar-refractivity contribution in [2.75, 3.05) is 13.7 Å². The molecule has 0 unspecified atom stereocenters. The van der Waals surface area contributed by atoms with Gasteiger partial charge in [0.15, 0.2) is 11.5 Å². The zero-order valence-electron chi connectivity index (χ0n) is 9.40. The molecule has 0 bridgehead atoms. The van der Waals surface area contributed by atoms with Crippen LogP contribution in [0.2, 0.25) is 0 Å². The summed E-state index contributed by atoms with van der Waals surface area (Å²) in [5, 5.41) is 0. The van der Waals surface area contributed by atoms with Crippen molar-refractivity contribution in [1.29, 1.82) is 0 Å². The van der Waals surface area contributed by atoms with E-state index in [1.807, 2.05) is 13.0 Å². The lowest BCUT2D eigenvalue weighted by atomic mass is 10.2. The van der Waals surface area contributed by atoms with Gasteiger partial charge in [0.25, 0.3) is 0 Å². The van der Waals surface area contributed by atoms with Gasteiger partial charge in [-0.15, -0.1) is 0 Å². The highest BCUT2D eigenvalue weighted by Crippen LogP contribution is 2.28. The summed E-state index contributed by atoms with van der Waals surface area (Å²) in [5.41, 5.74) is 5.84. The summed E-state index contributed by atoms with van der Waals surface area (Å²) >= 11 is 0. The Morgan fingerprint density at radius 1 is 1.44 bits per heavy atom. The fraction of sp³-hybridized carbons (Fsp3) is 0.250. The Morgan fingerprint density at radius 3 is 2.75 bits per heavy atom. The van der Waals surface area contributed by atoms with Crippen LogP contribution in [0.25, 0.3) is 6.08 Å². The van der Waals surface area contributed by atoms with E-state index >= 15 is 0 Å². The zero-order valence-corrected chi connectivity index (χ0v) is 9.40. The summed E-state index contributed by atoms with van der Waals surface area (Å²) in [4.78, 5) is 10.6. The summed E-state index contributed by atoms with van der Waals surface area (Å²) in [7, 11) is 1.57. The fourth-order valence-electron chi connectivity index (χ4n) is 1.24. The summed E-state index contributed by atoms with van der Waals surface area (Å²) in [6.45, 7) is 2.48. The van der Waals surface area contributed by atoms with Crippen LogP contribution in [0, 0.1) is 0 Å². The Bertz CT molecular complexity index is 399. The summed E-state index contributed by atoms with van der Waals surface area (Å²) in [5.74, 6) is 0.836. The van der Waals surface area contributed by atoms with Crippen LogP contribution in [0.4, 0.5) is 0 Å². The van der Waals surface area contributed by atoms with E-state index in [0.717, 1.165) is 5.56 Å². The van der Waals surface area contributed by atoms with Crippen molar-refractivity contribution in [2.45, 2.75) is 6.92 Å². The Morgan fingerprint density at radius 2 is 2.19 bits per heavy atom. The molecular formula is C12H15NO3. The third kappa shape index (κ3) is 3.31. The minimum Gasteiger partial charge on any atom is -0.493 e. The van der Waals surface area contributed by atoms with Gasteiger partial charge >= 0.3 is 0 Å². The Balaban J connectivity index is 2.94. The van der Waals surface area contributed by atoms with Crippen molar-refractivity contribution in [1.82, 2.24) is 0 Å². The third-order valence-electron chi connectivity index (χ3n) is 1.93. The van der Waals surface area contributed by atoms with Crippen molar-refractivity contribution in [3.63, 3.8) is 0 Å². The second-order valence-corrected chi connectivity index (χ2v) is 3.08. The molecule has 2 N–H and O–H groups in total.